The molecule has 0 rings (SSSR count). The average molecular weight is 957 g/mol. The van der Waals surface area contributed by atoms with E-state index in [1.165, 1.54) is 244 Å². The maximum Gasteiger partial charge on any atom is 0.305 e. The zero-order valence-corrected chi connectivity index (χ0v) is 45.6. The van der Waals surface area contributed by atoms with E-state index in [1.54, 1.807) is 6.08 Å². The second-order valence-electron chi connectivity index (χ2n) is 20.7. The molecule has 0 saturated carbocycles. The number of esters is 1. The number of carbonyl (C=O) groups is 2. The summed E-state index contributed by atoms with van der Waals surface area (Å²) in [6, 6.07) is -0.633. The van der Waals surface area contributed by atoms with Crippen molar-refractivity contribution in [1.82, 2.24) is 5.32 Å². The molecule has 0 aromatic carbocycles. The lowest BCUT2D eigenvalue weighted by Gasteiger charge is -2.20. The van der Waals surface area contributed by atoms with Crippen LogP contribution in [0.3, 0.4) is 0 Å². The molecule has 0 aromatic heterocycles. The van der Waals surface area contributed by atoms with Crippen molar-refractivity contribution >= 4 is 11.9 Å². The first kappa shape index (κ1) is 66.1. The number of carbonyl (C=O) groups excluding carboxylic acids is 2. The topological polar surface area (TPSA) is 95.9 Å². The van der Waals surface area contributed by atoms with Crippen LogP contribution < -0.4 is 5.32 Å². The average Bonchev–Trinajstić information content (AvgIpc) is 3.34. The smallest absolute Gasteiger partial charge is 0.305 e. The lowest BCUT2D eigenvalue weighted by molar-refractivity contribution is -0.143. The van der Waals surface area contributed by atoms with Crippen molar-refractivity contribution in [2.45, 2.75) is 334 Å². The first-order chi connectivity index (χ1) is 33.5. The molecule has 0 heterocycles. The zero-order chi connectivity index (χ0) is 49.3. The summed E-state index contributed by atoms with van der Waals surface area (Å²) in [5.74, 6) is -0.0732. The molecule has 0 fully saturated rings. The molecule has 0 spiro atoms. The molecule has 0 aliphatic rings. The van der Waals surface area contributed by atoms with Crippen LogP contribution in [0.25, 0.3) is 0 Å². The Morgan fingerprint density at radius 2 is 0.706 bits per heavy atom. The van der Waals surface area contributed by atoms with Crippen molar-refractivity contribution in [3.63, 3.8) is 0 Å². The molecule has 0 radical (unpaired) electrons. The van der Waals surface area contributed by atoms with E-state index in [-0.39, 0.29) is 18.5 Å². The summed E-state index contributed by atoms with van der Waals surface area (Å²) >= 11 is 0. The van der Waals surface area contributed by atoms with Crippen LogP contribution in [-0.4, -0.2) is 47.4 Å². The van der Waals surface area contributed by atoms with E-state index < -0.39 is 12.1 Å². The second-order valence-corrected chi connectivity index (χ2v) is 20.7. The van der Waals surface area contributed by atoms with E-state index in [1.807, 2.05) is 6.08 Å². The Hall–Kier alpha value is -1.92. The van der Waals surface area contributed by atoms with Crippen molar-refractivity contribution in [3.05, 3.63) is 36.5 Å². The van der Waals surface area contributed by atoms with E-state index in [0.29, 0.717) is 19.4 Å². The van der Waals surface area contributed by atoms with Crippen LogP contribution >= 0.6 is 0 Å². The van der Waals surface area contributed by atoms with Crippen molar-refractivity contribution < 1.29 is 24.5 Å². The minimum Gasteiger partial charge on any atom is -0.466 e. The second kappa shape index (κ2) is 57.7. The Labute approximate surface area is 424 Å². The Bertz CT molecular complexity index is 1100. The van der Waals surface area contributed by atoms with E-state index >= 15 is 0 Å². The van der Waals surface area contributed by atoms with Gasteiger partial charge in [0.05, 0.1) is 25.4 Å². The number of allylic oxidation sites excluding steroid dienone is 5. The molecule has 6 heteroatoms. The van der Waals surface area contributed by atoms with Crippen LogP contribution in [0, 0.1) is 0 Å². The van der Waals surface area contributed by atoms with E-state index in [2.05, 4.69) is 43.5 Å². The molecular formula is C62H117NO5. The Kier molecular flexibility index (Phi) is 56.0. The Morgan fingerprint density at radius 3 is 1.09 bits per heavy atom. The number of hydrogen-bond acceptors (Lipinski definition) is 5. The largest absolute Gasteiger partial charge is 0.466 e. The van der Waals surface area contributed by atoms with Gasteiger partial charge in [-0.1, -0.05) is 269 Å². The van der Waals surface area contributed by atoms with Gasteiger partial charge in [0, 0.05) is 12.8 Å². The van der Waals surface area contributed by atoms with Gasteiger partial charge in [-0.05, 0) is 77.0 Å². The van der Waals surface area contributed by atoms with Gasteiger partial charge in [-0.3, -0.25) is 9.59 Å². The van der Waals surface area contributed by atoms with Gasteiger partial charge < -0.3 is 20.3 Å². The molecule has 2 atom stereocenters. The summed E-state index contributed by atoms with van der Waals surface area (Å²) in [7, 11) is 0. The third-order valence-corrected chi connectivity index (χ3v) is 13.9. The van der Waals surface area contributed by atoms with E-state index in [0.717, 1.165) is 51.4 Å². The minimum absolute atomic E-state index is 0.000298. The molecule has 0 aromatic rings. The lowest BCUT2D eigenvalue weighted by Crippen LogP contribution is -2.45. The minimum atomic E-state index is -0.849. The van der Waals surface area contributed by atoms with Gasteiger partial charge in [0.2, 0.25) is 5.91 Å². The van der Waals surface area contributed by atoms with Gasteiger partial charge in [-0.25, -0.2) is 0 Å². The summed E-state index contributed by atoms with van der Waals surface area (Å²) in [4.78, 5) is 24.5. The number of aliphatic hydroxyl groups excluding tert-OH is 2. The molecule has 1 amide bonds. The summed E-state index contributed by atoms with van der Waals surface area (Å²) in [5.41, 5.74) is 0. The zero-order valence-electron chi connectivity index (χ0n) is 45.6. The summed E-state index contributed by atoms with van der Waals surface area (Å²) in [6.07, 6.45) is 71.8. The third kappa shape index (κ3) is 53.4. The fourth-order valence-corrected chi connectivity index (χ4v) is 9.20. The first-order valence-corrected chi connectivity index (χ1v) is 30.3. The molecule has 68 heavy (non-hydrogen) atoms. The van der Waals surface area contributed by atoms with Gasteiger partial charge in [0.1, 0.15) is 0 Å². The standard InChI is InChI=1S/C62H117NO5/c1-3-5-7-9-11-13-15-16-17-25-28-31-35-38-42-46-50-54-60(65)59(58-64)63-61(66)55-51-47-43-39-36-32-29-26-23-21-19-18-20-22-24-27-30-33-37-41-45-49-53-57-68-62(67)56-52-48-44-40-34-14-12-10-8-6-4-2/h10,12,21,23,50,54,59-60,64-65H,3-9,11,13-20,22,24-49,51-53,55-58H2,1-2H3,(H,63,66)/b12-10-,23-21-,54-50+. The highest BCUT2D eigenvalue weighted by Gasteiger charge is 2.18. The van der Waals surface area contributed by atoms with Gasteiger partial charge in [0.15, 0.2) is 0 Å². The number of amides is 1. The highest BCUT2D eigenvalue weighted by atomic mass is 16.5. The summed E-state index contributed by atoms with van der Waals surface area (Å²) < 4.78 is 5.45. The van der Waals surface area contributed by atoms with Crippen LogP contribution in [0.15, 0.2) is 36.5 Å². The molecule has 0 bridgehead atoms. The quantitative estimate of drug-likeness (QED) is 0.0321. The number of nitrogens with one attached hydrogen (secondary N) is 1. The fraction of sp³-hybridized carbons (Fsp3) is 0.871. The third-order valence-electron chi connectivity index (χ3n) is 13.9. The highest BCUT2D eigenvalue weighted by Crippen LogP contribution is 2.17. The maximum atomic E-state index is 12.5. The maximum absolute atomic E-state index is 12.5. The van der Waals surface area contributed by atoms with Crippen molar-refractivity contribution in [2.75, 3.05) is 13.2 Å². The lowest BCUT2D eigenvalue weighted by atomic mass is 10.0. The molecule has 6 nitrogen and oxygen atoms in total. The molecule has 0 aliphatic carbocycles. The van der Waals surface area contributed by atoms with Crippen molar-refractivity contribution in [2.24, 2.45) is 0 Å². The normalized spacial score (nSPS) is 12.8. The SMILES string of the molecule is CCCC/C=C\CCCCCCCC(=O)OCCCCCCCCCCCCCC/C=C\CCCCCCCCCC(=O)NC(CO)C(O)/C=C/CCCCCCCCCCCCCCCCC. The van der Waals surface area contributed by atoms with Gasteiger partial charge in [-0.2, -0.15) is 0 Å². The van der Waals surface area contributed by atoms with Crippen LogP contribution in [-0.2, 0) is 14.3 Å². The number of unbranched alkanes of at least 4 members (excludes halogenated alkanes) is 41. The molecular weight excluding hydrogens is 839 g/mol. The van der Waals surface area contributed by atoms with Gasteiger partial charge in [-0.15, -0.1) is 0 Å². The fourth-order valence-electron chi connectivity index (χ4n) is 9.20. The molecule has 0 saturated heterocycles. The molecule has 3 N–H and O–H groups in total. The van der Waals surface area contributed by atoms with E-state index in [4.69, 9.17) is 4.74 Å². The Balaban J connectivity index is 3.45. The van der Waals surface area contributed by atoms with Crippen LogP contribution in [0.4, 0.5) is 0 Å². The predicted octanol–water partition coefficient (Wildman–Crippen LogP) is 18.8. The first-order valence-electron chi connectivity index (χ1n) is 30.3. The molecule has 400 valence electrons. The number of ether oxygens (including phenoxy) is 1. The van der Waals surface area contributed by atoms with Crippen LogP contribution in [0.2, 0.25) is 0 Å². The van der Waals surface area contributed by atoms with Crippen LogP contribution in [0.1, 0.15) is 322 Å². The van der Waals surface area contributed by atoms with Crippen LogP contribution in [0.5, 0.6) is 0 Å². The summed E-state index contributed by atoms with van der Waals surface area (Å²) in [6.45, 7) is 4.87. The van der Waals surface area contributed by atoms with Gasteiger partial charge >= 0.3 is 5.97 Å². The highest BCUT2D eigenvalue weighted by molar-refractivity contribution is 5.76. The monoisotopic (exact) mass is 956 g/mol. The summed E-state index contributed by atoms with van der Waals surface area (Å²) in [5, 5.41) is 23.1. The van der Waals surface area contributed by atoms with Crippen molar-refractivity contribution in [1.29, 1.82) is 0 Å². The van der Waals surface area contributed by atoms with Gasteiger partial charge in [0.25, 0.3) is 0 Å². The molecule has 0 aliphatic heterocycles. The van der Waals surface area contributed by atoms with Crippen molar-refractivity contribution in [3.8, 4) is 0 Å². The number of rotatable bonds is 56. The number of aliphatic hydroxyl groups is 2. The molecule has 2 unspecified atom stereocenters. The Morgan fingerprint density at radius 1 is 0.397 bits per heavy atom. The number of hydrogen-bond donors (Lipinski definition) is 3. The predicted molar refractivity (Wildman–Crippen MR) is 296 cm³/mol. The van der Waals surface area contributed by atoms with E-state index in [9.17, 15) is 19.8 Å².